The lowest BCUT2D eigenvalue weighted by atomic mass is 10.1. The number of hydrogen-bond acceptors (Lipinski definition) is 4. The first-order chi connectivity index (χ1) is 13.7. The van der Waals surface area contributed by atoms with E-state index >= 15 is 0 Å². The minimum absolute atomic E-state index is 0.0378. The van der Waals surface area contributed by atoms with Crippen LogP contribution in [-0.2, 0) is 11.3 Å². The number of benzene rings is 2. The first kappa shape index (κ1) is 20.2. The van der Waals surface area contributed by atoms with Crippen molar-refractivity contribution in [1.82, 2.24) is 10.2 Å². The van der Waals surface area contributed by atoms with Crippen molar-refractivity contribution in [3.63, 3.8) is 0 Å². The second-order valence-electron chi connectivity index (χ2n) is 6.93. The molecule has 0 spiro atoms. The average molecular weight is 397 g/mol. The fraction of sp³-hybridized carbons (Fsp3) is 0.364. The molecule has 5 nitrogen and oxygen atoms in total. The molecule has 2 aromatic carbocycles. The molecule has 1 N–H and O–H groups in total. The minimum Gasteiger partial charge on any atom is -0.369 e. The molecule has 0 radical (unpaired) electrons. The number of nitriles is 1. The maximum absolute atomic E-state index is 12.2. The number of amides is 1. The van der Waals surface area contributed by atoms with Crippen molar-refractivity contribution in [2.45, 2.75) is 19.4 Å². The highest BCUT2D eigenvalue weighted by Gasteiger charge is 2.17. The molecular weight excluding hydrogens is 372 g/mol. The minimum atomic E-state index is 0.0378. The van der Waals surface area contributed by atoms with Crippen LogP contribution in [0.1, 0.15) is 24.0 Å². The molecule has 6 heteroatoms. The molecule has 3 rings (SSSR count). The Kier molecular flexibility index (Phi) is 7.30. The third-order valence-corrected chi connectivity index (χ3v) is 5.41. The van der Waals surface area contributed by atoms with Crippen LogP contribution in [0.25, 0.3) is 0 Å². The predicted octanol–water partition coefficient (Wildman–Crippen LogP) is 3.43. The smallest absolute Gasteiger partial charge is 0.221 e. The van der Waals surface area contributed by atoms with Crippen molar-refractivity contribution in [3.8, 4) is 6.07 Å². The number of hydrogen-bond donors (Lipinski definition) is 1. The lowest BCUT2D eigenvalue weighted by molar-refractivity contribution is -0.121. The van der Waals surface area contributed by atoms with Crippen LogP contribution in [0, 0.1) is 11.3 Å². The number of anilines is 1. The van der Waals surface area contributed by atoms with E-state index in [4.69, 9.17) is 11.6 Å². The van der Waals surface area contributed by atoms with Crippen LogP contribution in [-0.4, -0.2) is 43.5 Å². The summed E-state index contributed by atoms with van der Waals surface area (Å²) >= 11 is 6.13. The summed E-state index contributed by atoms with van der Waals surface area (Å²) in [4.78, 5) is 16.8. The number of rotatable bonds is 6. The lowest BCUT2D eigenvalue weighted by Gasteiger charge is -2.24. The van der Waals surface area contributed by atoms with E-state index in [0.29, 0.717) is 18.0 Å². The zero-order chi connectivity index (χ0) is 19.8. The molecule has 1 aliphatic heterocycles. The van der Waals surface area contributed by atoms with E-state index in [9.17, 15) is 10.1 Å². The van der Waals surface area contributed by atoms with Crippen LogP contribution in [0.3, 0.4) is 0 Å². The van der Waals surface area contributed by atoms with E-state index in [1.54, 1.807) is 0 Å². The summed E-state index contributed by atoms with van der Waals surface area (Å²) in [6.07, 6.45) is 1.49. The molecule has 0 unspecified atom stereocenters. The van der Waals surface area contributed by atoms with Crippen molar-refractivity contribution < 1.29 is 4.79 Å². The van der Waals surface area contributed by atoms with Gasteiger partial charge in [0.1, 0.15) is 6.07 Å². The van der Waals surface area contributed by atoms with Gasteiger partial charge in [0.05, 0.1) is 11.3 Å². The molecule has 0 saturated carbocycles. The van der Waals surface area contributed by atoms with Gasteiger partial charge in [-0.3, -0.25) is 4.79 Å². The van der Waals surface area contributed by atoms with Crippen molar-refractivity contribution in [2.24, 2.45) is 0 Å². The standard InChI is InChI=1S/C22H25ClN4O/c23-20-8-3-1-7-19(20)17-25-22(28)10-13-26-11-5-12-27(15-14-26)21-9-4-2-6-18(21)16-24/h1-4,6-9H,5,10-15,17H2,(H,25,28). The molecule has 1 heterocycles. The Bertz CT molecular complexity index is 848. The third-order valence-electron chi connectivity index (χ3n) is 5.04. The van der Waals surface area contributed by atoms with Crippen LogP contribution in [0.4, 0.5) is 5.69 Å². The Morgan fingerprint density at radius 2 is 1.86 bits per heavy atom. The number of halogens is 1. The molecule has 0 aromatic heterocycles. The van der Waals surface area contributed by atoms with Crippen molar-refractivity contribution in [2.75, 3.05) is 37.6 Å². The highest BCUT2D eigenvalue weighted by Crippen LogP contribution is 2.21. The maximum atomic E-state index is 12.2. The van der Waals surface area contributed by atoms with Crippen molar-refractivity contribution in [1.29, 1.82) is 5.26 Å². The van der Waals surface area contributed by atoms with E-state index in [0.717, 1.165) is 56.0 Å². The van der Waals surface area contributed by atoms with Crippen LogP contribution in [0.2, 0.25) is 5.02 Å². The van der Waals surface area contributed by atoms with E-state index in [2.05, 4.69) is 21.2 Å². The van der Waals surface area contributed by atoms with E-state index in [1.807, 2.05) is 48.5 Å². The van der Waals surface area contributed by atoms with Gasteiger partial charge < -0.3 is 15.1 Å². The molecule has 1 amide bonds. The zero-order valence-electron chi connectivity index (χ0n) is 15.9. The average Bonchev–Trinajstić information content (AvgIpc) is 2.97. The Labute approximate surface area is 171 Å². The molecule has 1 saturated heterocycles. The Morgan fingerprint density at radius 1 is 1.07 bits per heavy atom. The molecule has 2 aromatic rings. The maximum Gasteiger partial charge on any atom is 0.221 e. The monoisotopic (exact) mass is 396 g/mol. The quantitative estimate of drug-likeness (QED) is 0.812. The summed E-state index contributed by atoms with van der Waals surface area (Å²) in [7, 11) is 0. The summed E-state index contributed by atoms with van der Waals surface area (Å²) in [6.45, 7) is 4.83. The summed E-state index contributed by atoms with van der Waals surface area (Å²) in [5.41, 5.74) is 2.65. The van der Waals surface area contributed by atoms with Gasteiger partial charge in [-0.1, -0.05) is 41.9 Å². The Balaban J connectivity index is 1.45. The normalized spacial score (nSPS) is 14.9. The first-order valence-electron chi connectivity index (χ1n) is 9.64. The SMILES string of the molecule is N#Cc1ccccc1N1CCCN(CCC(=O)NCc2ccccc2Cl)CC1. The van der Waals surface area contributed by atoms with Gasteiger partial charge in [0.15, 0.2) is 0 Å². The molecule has 0 aliphatic carbocycles. The number of nitrogens with zero attached hydrogens (tertiary/aromatic N) is 3. The van der Waals surface area contributed by atoms with Crippen LogP contribution in [0.15, 0.2) is 48.5 Å². The molecule has 146 valence electrons. The van der Waals surface area contributed by atoms with Gasteiger partial charge in [0, 0.05) is 44.2 Å². The van der Waals surface area contributed by atoms with Crippen molar-refractivity contribution >= 4 is 23.2 Å². The van der Waals surface area contributed by atoms with E-state index < -0.39 is 0 Å². The van der Waals surface area contributed by atoms with E-state index in [-0.39, 0.29) is 5.91 Å². The summed E-state index contributed by atoms with van der Waals surface area (Å²) in [5, 5.41) is 12.9. The van der Waals surface area contributed by atoms with E-state index in [1.165, 1.54) is 0 Å². The third kappa shape index (κ3) is 5.48. The highest BCUT2D eigenvalue weighted by molar-refractivity contribution is 6.31. The summed E-state index contributed by atoms with van der Waals surface area (Å²) in [5.74, 6) is 0.0378. The zero-order valence-corrected chi connectivity index (χ0v) is 16.7. The van der Waals surface area contributed by atoms with Gasteiger partial charge in [0.25, 0.3) is 0 Å². The fourth-order valence-electron chi connectivity index (χ4n) is 3.46. The summed E-state index contributed by atoms with van der Waals surface area (Å²) in [6, 6.07) is 17.6. The Hall–Kier alpha value is -2.55. The molecule has 1 aliphatic rings. The highest BCUT2D eigenvalue weighted by atomic mass is 35.5. The lowest BCUT2D eigenvalue weighted by Crippen LogP contribution is -2.34. The molecule has 28 heavy (non-hydrogen) atoms. The Morgan fingerprint density at radius 3 is 2.68 bits per heavy atom. The topological polar surface area (TPSA) is 59.4 Å². The number of nitrogens with one attached hydrogen (secondary N) is 1. The number of carbonyl (C=O) groups excluding carboxylic acids is 1. The molecule has 0 atom stereocenters. The summed E-state index contributed by atoms with van der Waals surface area (Å²) < 4.78 is 0. The van der Waals surface area contributed by atoms with Gasteiger partial charge in [-0.2, -0.15) is 5.26 Å². The van der Waals surface area contributed by atoms with Crippen LogP contribution < -0.4 is 10.2 Å². The van der Waals surface area contributed by atoms with Crippen LogP contribution in [0.5, 0.6) is 0 Å². The molecular formula is C22H25ClN4O. The number of para-hydroxylation sites is 1. The van der Waals surface area contributed by atoms with Gasteiger partial charge in [0.2, 0.25) is 5.91 Å². The second-order valence-corrected chi connectivity index (χ2v) is 7.34. The van der Waals surface area contributed by atoms with Gasteiger partial charge in [-0.25, -0.2) is 0 Å². The van der Waals surface area contributed by atoms with Crippen molar-refractivity contribution in [3.05, 3.63) is 64.7 Å². The largest absolute Gasteiger partial charge is 0.369 e. The van der Waals surface area contributed by atoms with Gasteiger partial charge in [-0.05, 0) is 36.7 Å². The van der Waals surface area contributed by atoms with Crippen LogP contribution >= 0.6 is 11.6 Å². The first-order valence-corrected chi connectivity index (χ1v) is 10.0. The van der Waals surface area contributed by atoms with Gasteiger partial charge in [-0.15, -0.1) is 0 Å². The van der Waals surface area contributed by atoms with Gasteiger partial charge >= 0.3 is 0 Å². The molecule has 0 bridgehead atoms. The molecule has 1 fully saturated rings. The fourth-order valence-corrected chi connectivity index (χ4v) is 3.67. The second kappa shape index (κ2) is 10.1. The predicted molar refractivity (Wildman–Crippen MR) is 112 cm³/mol. The number of carbonyl (C=O) groups is 1.